The van der Waals surface area contributed by atoms with Gasteiger partial charge in [0.25, 0.3) is 0 Å². The van der Waals surface area contributed by atoms with Crippen molar-refractivity contribution < 1.29 is 49.0 Å². The summed E-state index contributed by atoms with van der Waals surface area (Å²) in [5.41, 5.74) is 0. The molecule has 0 radical (unpaired) electrons. The fourth-order valence-corrected chi connectivity index (χ4v) is 6.18. The van der Waals surface area contributed by atoms with Gasteiger partial charge in [-0.2, -0.15) is 0 Å². The van der Waals surface area contributed by atoms with Crippen molar-refractivity contribution in [1.82, 2.24) is 0 Å². The quantitative estimate of drug-likeness (QED) is 0.0401. The van der Waals surface area contributed by atoms with Crippen molar-refractivity contribution in [2.75, 3.05) is 19.8 Å². The molecule has 6 atom stereocenters. The molecule has 1 aliphatic heterocycles. The molecule has 0 aromatic heterocycles. The highest BCUT2D eigenvalue weighted by molar-refractivity contribution is 5.69. The number of rotatable bonds is 33. The predicted octanol–water partition coefficient (Wildman–Crippen LogP) is 7.44. The smallest absolute Gasteiger partial charge is 0.305 e. The van der Waals surface area contributed by atoms with Crippen molar-refractivity contribution in [3.8, 4) is 0 Å². The summed E-state index contributed by atoms with van der Waals surface area (Å²) in [7, 11) is 0. The molecule has 0 amide bonds. The van der Waals surface area contributed by atoms with E-state index in [-0.39, 0.29) is 32.2 Å². The van der Waals surface area contributed by atoms with Gasteiger partial charge in [-0.3, -0.25) is 9.59 Å². The molecule has 4 N–H and O–H groups in total. The molecule has 1 fully saturated rings. The summed E-state index contributed by atoms with van der Waals surface area (Å²) in [6.45, 7) is 3.56. The number of carbonyl (C=O) groups excluding carboxylic acids is 2. The van der Waals surface area contributed by atoms with Gasteiger partial charge in [0.15, 0.2) is 6.29 Å². The zero-order valence-electron chi connectivity index (χ0n) is 31.2. The summed E-state index contributed by atoms with van der Waals surface area (Å²) in [6.07, 6.45) is 21.1. The minimum atomic E-state index is -1.59. The molecule has 0 saturated carbocycles. The number of ether oxygens (including phenoxy) is 4. The van der Waals surface area contributed by atoms with E-state index in [9.17, 15) is 30.0 Å². The van der Waals surface area contributed by atoms with Crippen LogP contribution in [0.5, 0.6) is 0 Å². The van der Waals surface area contributed by atoms with Gasteiger partial charge in [0.05, 0.1) is 6.61 Å². The van der Waals surface area contributed by atoms with Crippen LogP contribution in [-0.4, -0.2) is 89.0 Å². The third-order valence-corrected chi connectivity index (χ3v) is 9.44. The number of carbonyl (C=O) groups is 2. The lowest BCUT2D eigenvalue weighted by Gasteiger charge is -2.40. The standard InChI is InChI=1S/C39H74O10/c1-3-5-7-9-11-13-15-16-18-20-22-24-26-28-35(42)47-31-33-36(43)37(44)38(45)39(49-33)48-30-32(40)29-46-34(41)27-25-23-21-19-17-14-12-10-8-6-4-2/h32-33,36-40,43-45H,3-31H2,1-2H3/t32-,33-,36+,37+,38-,39-/m1/s1. The van der Waals surface area contributed by atoms with Gasteiger partial charge in [-0.25, -0.2) is 0 Å². The number of aliphatic hydroxyl groups excluding tert-OH is 4. The first kappa shape index (κ1) is 45.7. The minimum absolute atomic E-state index is 0.260. The van der Waals surface area contributed by atoms with Crippen LogP contribution in [0.25, 0.3) is 0 Å². The summed E-state index contributed by atoms with van der Waals surface area (Å²) in [5.74, 6) is -0.800. The molecule has 0 aromatic carbocycles. The van der Waals surface area contributed by atoms with E-state index in [2.05, 4.69) is 13.8 Å². The predicted molar refractivity (Wildman–Crippen MR) is 192 cm³/mol. The van der Waals surface area contributed by atoms with Crippen LogP contribution in [0.2, 0.25) is 0 Å². The Kier molecular flexibility index (Phi) is 29.3. The number of esters is 2. The van der Waals surface area contributed by atoms with Crippen LogP contribution in [-0.2, 0) is 28.5 Å². The van der Waals surface area contributed by atoms with Crippen LogP contribution in [0.1, 0.15) is 181 Å². The summed E-state index contributed by atoms with van der Waals surface area (Å²) >= 11 is 0. The molecule has 10 nitrogen and oxygen atoms in total. The second-order valence-corrected chi connectivity index (χ2v) is 14.1. The van der Waals surface area contributed by atoms with Crippen LogP contribution < -0.4 is 0 Å². The molecule has 290 valence electrons. The summed E-state index contributed by atoms with van der Waals surface area (Å²) in [6, 6.07) is 0. The molecule has 0 aromatic rings. The highest BCUT2D eigenvalue weighted by Crippen LogP contribution is 2.23. The Morgan fingerprint density at radius 3 is 1.35 bits per heavy atom. The van der Waals surface area contributed by atoms with E-state index in [0.29, 0.717) is 6.42 Å². The summed E-state index contributed by atoms with van der Waals surface area (Å²) < 4.78 is 21.5. The van der Waals surface area contributed by atoms with Crippen molar-refractivity contribution in [1.29, 1.82) is 0 Å². The number of hydrogen-bond acceptors (Lipinski definition) is 10. The maximum absolute atomic E-state index is 12.3. The van der Waals surface area contributed by atoms with E-state index >= 15 is 0 Å². The number of hydrogen-bond donors (Lipinski definition) is 4. The van der Waals surface area contributed by atoms with Crippen LogP contribution in [0, 0.1) is 0 Å². The van der Waals surface area contributed by atoms with Crippen LogP contribution in [0.3, 0.4) is 0 Å². The second-order valence-electron chi connectivity index (χ2n) is 14.1. The molecule has 1 heterocycles. The van der Waals surface area contributed by atoms with Crippen molar-refractivity contribution in [2.24, 2.45) is 0 Å². The lowest BCUT2D eigenvalue weighted by molar-refractivity contribution is -0.305. The lowest BCUT2D eigenvalue weighted by atomic mass is 9.99. The molecule has 10 heteroatoms. The van der Waals surface area contributed by atoms with Gasteiger partial charge in [0, 0.05) is 12.8 Å². The molecule has 0 aliphatic carbocycles. The second kappa shape index (κ2) is 31.4. The molecular weight excluding hydrogens is 628 g/mol. The number of unbranched alkanes of at least 4 members (excludes halogenated alkanes) is 22. The average Bonchev–Trinajstić information content (AvgIpc) is 3.09. The lowest BCUT2D eigenvalue weighted by Crippen LogP contribution is -2.59. The molecule has 49 heavy (non-hydrogen) atoms. The SMILES string of the molecule is CCCCCCCCCCCCCCCC(=O)OC[C@H]1O[C@@H](OC[C@H](O)COC(=O)CCCCCCCCCCCCC)[C@H](O)[C@@H](O)[C@H]1O. The minimum Gasteiger partial charge on any atom is -0.463 e. The maximum Gasteiger partial charge on any atom is 0.305 e. The summed E-state index contributed by atoms with van der Waals surface area (Å²) in [5, 5.41) is 41.2. The van der Waals surface area contributed by atoms with E-state index < -0.39 is 42.8 Å². The zero-order chi connectivity index (χ0) is 36.0. The first-order valence-corrected chi connectivity index (χ1v) is 20.1. The van der Waals surface area contributed by atoms with Crippen LogP contribution >= 0.6 is 0 Å². The number of aliphatic hydroxyl groups is 4. The maximum atomic E-state index is 12.3. The Morgan fingerprint density at radius 1 is 0.531 bits per heavy atom. The Hall–Kier alpha value is -1.30. The van der Waals surface area contributed by atoms with Crippen molar-refractivity contribution in [3.05, 3.63) is 0 Å². The fourth-order valence-electron chi connectivity index (χ4n) is 6.18. The Bertz CT molecular complexity index is 781. The monoisotopic (exact) mass is 703 g/mol. The van der Waals surface area contributed by atoms with E-state index in [4.69, 9.17) is 18.9 Å². The third kappa shape index (κ3) is 24.5. The van der Waals surface area contributed by atoms with E-state index in [1.54, 1.807) is 0 Å². The molecule has 1 saturated heterocycles. The topological polar surface area (TPSA) is 152 Å². The third-order valence-electron chi connectivity index (χ3n) is 9.44. The van der Waals surface area contributed by atoms with E-state index in [1.165, 1.54) is 116 Å². The van der Waals surface area contributed by atoms with Gasteiger partial charge < -0.3 is 39.4 Å². The van der Waals surface area contributed by atoms with Crippen molar-refractivity contribution >= 4 is 11.9 Å². The summed E-state index contributed by atoms with van der Waals surface area (Å²) in [4.78, 5) is 24.3. The Morgan fingerprint density at radius 2 is 0.918 bits per heavy atom. The molecule has 0 unspecified atom stereocenters. The largest absolute Gasteiger partial charge is 0.463 e. The van der Waals surface area contributed by atoms with Crippen molar-refractivity contribution in [3.63, 3.8) is 0 Å². The molecule has 1 aliphatic rings. The zero-order valence-corrected chi connectivity index (χ0v) is 31.2. The molecule has 0 spiro atoms. The van der Waals surface area contributed by atoms with Gasteiger partial charge in [0.2, 0.25) is 0 Å². The van der Waals surface area contributed by atoms with Gasteiger partial charge >= 0.3 is 11.9 Å². The van der Waals surface area contributed by atoms with E-state index in [0.717, 1.165) is 38.5 Å². The van der Waals surface area contributed by atoms with Gasteiger partial charge in [0.1, 0.15) is 43.7 Å². The Labute approximate surface area is 298 Å². The first-order valence-electron chi connectivity index (χ1n) is 20.1. The van der Waals surface area contributed by atoms with Crippen LogP contribution in [0.15, 0.2) is 0 Å². The highest BCUT2D eigenvalue weighted by Gasteiger charge is 2.45. The van der Waals surface area contributed by atoms with Gasteiger partial charge in [-0.15, -0.1) is 0 Å². The van der Waals surface area contributed by atoms with E-state index in [1.807, 2.05) is 0 Å². The molecule has 0 bridgehead atoms. The van der Waals surface area contributed by atoms with Gasteiger partial charge in [-0.1, -0.05) is 155 Å². The highest BCUT2D eigenvalue weighted by atomic mass is 16.7. The van der Waals surface area contributed by atoms with Crippen molar-refractivity contribution in [2.45, 2.75) is 218 Å². The fraction of sp³-hybridized carbons (Fsp3) is 0.949. The first-order chi connectivity index (χ1) is 23.8. The van der Waals surface area contributed by atoms with Crippen LogP contribution in [0.4, 0.5) is 0 Å². The Balaban J connectivity index is 2.13. The van der Waals surface area contributed by atoms with Gasteiger partial charge in [-0.05, 0) is 12.8 Å². The average molecular weight is 703 g/mol. The molecular formula is C39H74O10. The normalized spacial score (nSPS) is 21.5. The molecule has 1 rings (SSSR count).